The van der Waals surface area contributed by atoms with Gasteiger partial charge in [-0.2, -0.15) is 0 Å². The Morgan fingerprint density at radius 3 is 2.77 bits per heavy atom. The van der Waals surface area contributed by atoms with Gasteiger partial charge in [0.05, 0.1) is 0 Å². The summed E-state index contributed by atoms with van der Waals surface area (Å²) in [6, 6.07) is 12.2. The van der Waals surface area contributed by atoms with Crippen molar-refractivity contribution in [3.8, 4) is 0 Å². The molecule has 1 aliphatic rings. The first-order valence-corrected chi connectivity index (χ1v) is 8.45. The maximum absolute atomic E-state index is 12.5. The van der Waals surface area contributed by atoms with E-state index in [9.17, 15) is 20.1 Å². The van der Waals surface area contributed by atoms with E-state index in [1.165, 1.54) is 6.08 Å². The number of nitrogens with one attached hydrogen (secondary N) is 1. The summed E-state index contributed by atoms with van der Waals surface area (Å²) in [5.41, 5.74) is 0.867. The van der Waals surface area contributed by atoms with E-state index in [1.54, 1.807) is 6.07 Å². The van der Waals surface area contributed by atoms with Crippen molar-refractivity contribution in [3.05, 3.63) is 64.2 Å². The van der Waals surface area contributed by atoms with Gasteiger partial charge in [0, 0.05) is 28.0 Å². The summed E-state index contributed by atoms with van der Waals surface area (Å²) in [5, 5.41) is 28.1. The van der Waals surface area contributed by atoms with E-state index in [2.05, 4.69) is 10.5 Å². The molecule has 1 fully saturated rings. The Labute approximate surface area is 150 Å². The number of hydrogen-bond donors (Lipinski definition) is 2. The lowest BCUT2D eigenvalue weighted by atomic mass is 9.89. The first kappa shape index (κ1) is 17.6. The minimum atomic E-state index is -0.828. The minimum Gasteiger partial charge on any atom is -0.410 e. The predicted molar refractivity (Wildman–Crippen MR) is 99.1 cm³/mol. The third-order valence-electron chi connectivity index (χ3n) is 4.58. The van der Waals surface area contributed by atoms with Crippen molar-refractivity contribution in [3.63, 3.8) is 0 Å². The van der Waals surface area contributed by atoms with E-state index in [1.807, 2.05) is 36.4 Å². The molecular formula is C19H19N3O4. The third-order valence-corrected chi connectivity index (χ3v) is 4.58. The summed E-state index contributed by atoms with van der Waals surface area (Å²) in [5.74, 6) is -0.607. The summed E-state index contributed by atoms with van der Waals surface area (Å²) >= 11 is 0. The van der Waals surface area contributed by atoms with Crippen LogP contribution in [0.3, 0.4) is 0 Å². The van der Waals surface area contributed by atoms with Crippen LogP contribution >= 0.6 is 0 Å². The molecular weight excluding hydrogens is 334 g/mol. The number of anilines is 1. The molecule has 7 nitrogen and oxygen atoms in total. The lowest BCUT2D eigenvalue weighted by Crippen LogP contribution is -2.28. The molecule has 1 aliphatic carbocycles. The number of benzene rings is 2. The Balaban J connectivity index is 1.85. The van der Waals surface area contributed by atoms with Crippen molar-refractivity contribution in [2.75, 3.05) is 5.32 Å². The van der Waals surface area contributed by atoms with Crippen LogP contribution in [0, 0.1) is 10.1 Å². The van der Waals surface area contributed by atoms with E-state index in [0.717, 1.165) is 23.6 Å². The Kier molecular flexibility index (Phi) is 5.26. The van der Waals surface area contributed by atoms with Crippen LogP contribution in [0.25, 0.3) is 10.8 Å². The molecule has 2 aromatic rings. The molecule has 1 amide bonds. The fourth-order valence-electron chi connectivity index (χ4n) is 3.26. The number of hydrogen-bond acceptors (Lipinski definition) is 5. The highest BCUT2D eigenvalue weighted by atomic mass is 16.6. The van der Waals surface area contributed by atoms with Gasteiger partial charge in [-0.15, -0.1) is 0 Å². The standard InChI is InChI=1S/C19H19N3O4/c23-19(20-16-10-5-8-13-6-1-3-9-15(13)16)17(21-24)12-14-7-2-4-11-18(14)22(25)26/h1,3,5-6,8-10,12,18,24H,2,4,7,11H2,(H,20,23)/b14-12+,21-17+. The summed E-state index contributed by atoms with van der Waals surface area (Å²) < 4.78 is 0. The van der Waals surface area contributed by atoms with E-state index < -0.39 is 11.9 Å². The molecule has 0 aliphatic heterocycles. The maximum Gasteiger partial charge on any atom is 0.277 e. The number of amides is 1. The van der Waals surface area contributed by atoms with Gasteiger partial charge in [-0.05, 0) is 36.8 Å². The monoisotopic (exact) mass is 353 g/mol. The fraction of sp³-hybridized carbons (Fsp3) is 0.263. The van der Waals surface area contributed by atoms with Crippen LogP contribution in [0.5, 0.6) is 0 Å². The second-order valence-electron chi connectivity index (χ2n) is 6.23. The van der Waals surface area contributed by atoms with Gasteiger partial charge in [0.25, 0.3) is 5.91 Å². The smallest absolute Gasteiger partial charge is 0.277 e. The van der Waals surface area contributed by atoms with Crippen molar-refractivity contribution in [1.82, 2.24) is 0 Å². The van der Waals surface area contributed by atoms with Crippen LogP contribution in [-0.4, -0.2) is 27.8 Å². The van der Waals surface area contributed by atoms with Crippen molar-refractivity contribution < 1.29 is 14.9 Å². The molecule has 3 rings (SSSR count). The van der Waals surface area contributed by atoms with Gasteiger partial charge in [-0.25, -0.2) is 0 Å². The first-order valence-electron chi connectivity index (χ1n) is 8.45. The molecule has 0 aromatic heterocycles. The van der Waals surface area contributed by atoms with Crippen LogP contribution in [-0.2, 0) is 4.79 Å². The molecule has 1 atom stereocenters. The van der Waals surface area contributed by atoms with E-state index in [0.29, 0.717) is 24.1 Å². The second kappa shape index (κ2) is 7.77. The molecule has 0 heterocycles. The molecule has 0 bridgehead atoms. The van der Waals surface area contributed by atoms with Crippen molar-refractivity contribution in [2.24, 2.45) is 5.16 Å². The SMILES string of the molecule is O=C(Nc1cccc2ccccc12)C(/C=C1\CCCCC1[N+](=O)[O-])=N/O. The van der Waals surface area contributed by atoms with Crippen molar-refractivity contribution in [1.29, 1.82) is 0 Å². The summed E-state index contributed by atoms with van der Waals surface area (Å²) in [7, 11) is 0. The molecule has 134 valence electrons. The summed E-state index contributed by atoms with van der Waals surface area (Å²) in [4.78, 5) is 23.4. The average molecular weight is 353 g/mol. The van der Waals surface area contributed by atoms with Crippen molar-refractivity contribution in [2.45, 2.75) is 31.7 Å². The molecule has 2 N–H and O–H groups in total. The maximum atomic E-state index is 12.5. The molecule has 2 aromatic carbocycles. The Bertz CT molecular complexity index is 899. The largest absolute Gasteiger partial charge is 0.410 e. The highest BCUT2D eigenvalue weighted by Gasteiger charge is 2.29. The Morgan fingerprint density at radius 1 is 1.23 bits per heavy atom. The van der Waals surface area contributed by atoms with Crippen LogP contribution in [0.15, 0.2) is 59.3 Å². The fourth-order valence-corrected chi connectivity index (χ4v) is 3.26. The lowest BCUT2D eigenvalue weighted by molar-refractivity contribution is -0.514. The topological polar surface area (TPSA) is 105 Å². The Morgan fingerprint density at radius 2 is 2.00 bits per heavy atom. The summed E-state index contributed by atoms with van der Waals surface area (Å²) in [6.45, 7) is 0. The van der Waals surface area contributed by atoms with Crippen LogP contribution < -0.4 is 5.32 Å². The quantitative estimate of drug-likeness (QED) is 0.378. The number of rotatable bonds is 4. The molecule has 1 saturated carbocycles. The molecule has 1 unspecified atom stereocenters. The molecule has 0 radical (unpaired) electrons. The Hall–Kier alpha value is -3.22. The highest BCUT2D eigenvalue weighted by molar-refractivity contribution is 6.47. The van der Waals surface area contributed by atoms with Crippen LogP contribution in [0.2, 0.25) is 0 Å². The van der Waals surface area contributed by atoms with Gasteiger partial charge >= 0.3 is 0 Å². The van der Waals surface area contributed by atoms with Gasteiger partial charge in [0.1, 0.15) is 0 Å². The number of fused-ring (bicyclic) bond motifs is 1. The van der Waals surface area contributed by atoms with Gasteiger partial charge < -0.3 is 10.5 Å². The first-order chi connectivity index (χ1) is 12.6. The van der Waals surface area contributed by atoms with Gasteiger partial charge in [-0.3, -0.25) is 14.9 Å². The van der Waals surface area contributed by atoms with Gasteiger partial charge in [-0.1, -0.05) is 41.6 Å². The average Bonchev–Trinajstić information content (AvgIpc) is 2.66. The van der Waals surface area contributed by atoms with E-state index in [4.69, 9.17) is 0 Å². The van der Waals surface area contributed by atoms with Gasteiger partial charge in [0.15, 0.2) is 5.71 Å². The zero-order valence-electron chi connectivity index (χ0n) is 14.1. The predicted octanol–water partition coefficient (Wildman–Crippen LogP) is 3.75. The third kappa shape index (κ3) is 3.72. The molecule has 26 heavy (non-hydrogen) atoms. The number of oxime groups is 1. The lowest BCUT2D eigenvalue weighted by Gasteiger charge is -2.18. The summed E-state index contributed by atoms with van der Waals surface area (Å²) in [6.07, 6.45) is 3.89. The minimum absolute atomic E-state index is 0.235. The molecule has 0 saturated heterocycles. The highest BCUT2D eigenvalue weighted by Crippen LogP contribution is 2.26. The van der Waals surface area contributed by atoms with Crippen molar-refractivity contribution >= 4 is 28.1 Å². The van der Waals surface area contributed by atoms with Gasteiger partial charge in [0.2, 0.25) is 6.04 Å². The van der Waals surface area contributed by atoms with E-state index in [-0.39, 0.29) is 10.6 Å². The van der Waals surface area contributed by atoms with Crippen LogP contribution in [0.1, 0.15) is 25.7 Å². The normalized spacial score (nSPS) is 19.5. The molecule has 7 heteroatoms. The second-order valence-corrected chi connectivity index (χ2v) is 6.23. The number of carbonyl (C=O) groups excluding carboxylic acids is 1. The number of nitrogens with zero attached hydrogens (tertiary/aromatic N) is 2. The van der Waals surface area contributed by atoms with Crippen LogP contribution in [0.4, 0.5) is 5.69 Å². The zero-order chi connectivity index (χ0) is 18.5. The molecule has 0 spiro atoms. The zero-order valence-corrected chi connectivity index (χ0v) is 14.1. The number of carbonyl (C=O) groups is 1. The number of nitro groups is 1. The van der Waals surface area contributed by atoms with E-state index >= 15 is 0 Å².